The number of hydrogen-bond acceptors (Lipinski definition) is 6. The standard InChI is InChI=1S/C25H22F4N6O4/c1-39-24(38)20(12-16-10-14-4-2-3-5-19(14)31-16)32-23(37)21-13-35(34-33-21)9-8-30-22(36)17-7-6-15(11-18(17)26)25(27,28)29/h2-7,10-11,13,20,31H,8-9,12H2,1H3,(H,30,36)(H,32,37)/t20-/m0/s1. The van der Waals surface area contributed by atoms with Gasteiger partial charge >= 0.3 is 12.1 Å². The molecule has 0 saturated carbocycles. The number of aromatic amines is 1. The number of ether oxygens (including phenoxy) is 1. The van der Waals surface area contributed by atoms with E-state index in [0.717, 1.165) is 17.0 Å². The third kappa shape index (κ3) is 6.58. The number of alkyl halides is 3. The highest BCUT2D eigenvalue weighted by Gasteiger charge is 2.31. The average Bonchev–Trinajstić information content (AvgIpc) is 3.54. The summed E-state index contributed by atoms with van der Waals surface area (Å²) in [6.07, 6.45) is -3.33. The molecule has 0 saturated heterocycles. The molecule has 10 nitrogen and oxygen atoms in total. The summed E-state index contributed by atoms with van der Waals surface area (Å²) in [5, 5.41) is 13.4. The average molecular weight is 546 g/mol. The van der Waals surface area contributed by atoms with Gasteiger partial charge in [-0.25, -0.2) is 13.9 Å². The fraction of sp³-hybridized carbons (Fsp3) is 0.240. The molecule has 0 radical (unpaired) electrons. The van der Waals surface area contributed by atoms with Crippen LogP contribution in [0, 0.1) is 5.82 Å². The predicted octanol–water partition coefficient (Wildman–Crippen LogP) is 2.86. The number of halogens is 4. The lowest BCUT2D eigenvalue weighted by Gasteiger charge is -2.15. The van der Waals surface area contributed by atoms with Crippen LogP contribution in [0.3, 0.4) is 0 Å². The fourth-order valence-corrected chi connectivity index (χ4v) is 3.80. The van der Waals surface area contributed by atoms with E-state index in [2.05, 4.69) is 25.9 Å². The number of benzene rings is 2. The first kappa shape index (κ1) is 27.3. The van der Waals surface area contributed by atoms with E-state index in [-0.39, 0.29) is 31.3 Å². The Hall–Kier alpha value is -4.75. The summed E-state index contributed by atoms with van der Waals surface area (Å²) in [5.41, 5.74) is -0.291. The minimum Gasteiger partial charge on any atom is -0.467 e. The van der Waals surface area contributed by atoms with Gasteiger partial charge in [0.25, 0.3) is 11.8 Å². The molecule has 0 aliphatic rings. The quantitative estimate of drug-likeness (QED) is 0.219. The molecule has 4 aromatic rings. The van der Waals surface area contributed by atoms with Crippen molar-refractivity contribution in [2.75, 3.05) is 13.7 Å². The lowest BCUT2D eigenvalue weighted by molar-refractivity contribution is -0.143. The normalized spacial score (nSPS) is 12.2. The third-order valence-corrected chi connectivity index (χ3v) is 5.74. The van der Waals surface area contributed by atoms with Crippen LogP contribution in [0.4, 0.5) is 17.6 Å². The van der Waals surface area contributed by atoms with Crippen LogP contribution >= 0.6 is 0 Å². The molecular weight excluding hydrogens is 524 g/mol. The monoisotopic (exact) mass is 546 g/mol. The Morgan fingerprint density at radius 2 is 1.87 bits per heavy atom. The zero-order valence-electron chi connectivity index (χ0n) is 20.4. The van der Waals surface area contributed by atoms with Gasteiger partial charge in [-0.05, 0) is 35.7 Å². The lowest BCUT2D eigenvalue weighted by Crippen LogP contribution is -2.43. The second-order valence-corrected chi connectivity index (χ2v) is 8.45. The number of carbonyl (C=O) groups excluding carboxylic acids is 3. The van der Waals surface area contributed by atoms with Crippen LogP contribution in [-0.4, -0.2) is 57.5 Å². The van der Waals surface area contributed by atoms with Crippen molar-refractivity contribution in [1.29, 1.82) is 0 Å². The van der Waals surface area contributed by atoms with Crippen molar-refractivity contribution >= 4 is 28.7 Å². The highest BCUT2D eigenvalue weighted by molar-refractivity contribution is 5.95. The molecule has 3 N–H and O–H groups in total. The van der Waals surface area contributed by atoms with Gasteiger partial charge in [0, 0.05) is 24.2 Å². The van der Waals surface area contributed by atoms with Crippen LogP contribution in [-0.2, 0) is 28.7 Å². The van der Waals surface area contributed by atoms with Crippen LogP contribution in [0.1, 0.15) is 32.1 Å². The number of amides is 2. The molecule has 2 aromatic heterocycles. The van der Waals surface area contributed by atoms with Gasteiger partial charge in [0.15, 0.2) is 5.69 Å². The van der Waals surface area contributed by atoms with E-state index in [0.29, 0.717) is 11.8 Å². The second kappa shape index (κ2) is 11.3. The zero-order chi connectivity index (χ0) is 28.2. The number of esters is 1. The van der Waals surface area contributed by atoms with Crippen molar-refractivity contribution in [2.45, 2.75) is 25.2 Å². The Bertz CT molecular complexity index is 1480. The predicted molar refractivity (Wildman–Crippen MR) is 129 cm³/mol. The number of nitrogens with zero attached hydrogens (tertiary/aromatic N) is 3. The first-order valence-corrected chi connectivity index (χ1v) is 11.6. The van der Waals surface area contributed by atoms with Crippen LogP contribution < -0.4 is 10.6 Å². The van der Waals surface area contributed by atoms with Crippen LogP contribution in [0.15, 0.2) is 54.7 Å². The molecule has 0 aliphatic carbocycles. The largest absolute Gasteiger partial charge is 0.467 e. The van der Waals surface area contributed by atoms with Gasteiger partial charge < -0.3 is 20.4 Å². The number of nitrogens with one attached hydrogen (secondary N) is 3. The van der Waals surface area contributed by atoms with Gasteiger partial charge in [-0.2, -0.15) is 13.2 Å². The van der Waals surface area contributed by atoms with E-state index in [1.165, 1.54) is 18.0 Å². The number of rotatable bonds is 9. The van der Waals surface area contributed by atoms with E-state index in [9.17, 15) is 31.9 Å². The van der Waals surface area contributed by atoms with Crippen molar-refractivity contribution in [1.82, 2.24) is 30.6 Å². The first-order valence-electron chi connectivity index (χ1n) is 11.6. The summed E-state index contributed by atoms with van der Waals surface area (Å²) in [6.45, 7) is -0.0708. The Labute approximate surface area is 218 Å². The number of hydrogen-bond donors (Lipinski definition) is 3. The number of methoxy groups -OCH3 is 1. The van der Waals surface area contributed by atoms with Gasteiger partial charge in [-0.15, -0.1) is 5.10 Å². The van der Waals surface area contributed by atoms with Crippen LogP contribution in [0.25, 0.3) is 10.9 Å². The van der Waals surface area contributed by atoms with E-state index >= 15 is 0 Å². The molecule has 39 heavy (non-hydrogen) atoms. The number of carbonyl (C=O) groups is 3. The summed E-state index contributed by atoms with van der Waals surface area (Å²) in [6, 6.07) is 9.98. The van der Waals surface area contributed by atoms with Crippen molar-refractivity contribution in [3.63, 3.8) is 0 Å². The maximum Gasteiger partial charge on any atom is 0.416 e. The molecule has 2 heterocycles. The Balaban J connectivity index is 1.33. The maximum absolute atomic E-state index is 14.0. The van der Waals surface area contributed by atoms with Gasteiger partial charge in [-0.1, -0.05) is 23.4 Å². The molecule has 0 unspecified atom stereocenters. The van der Waals surface area contributed by atoms with Gasteiger partial charge in [0.05, 0.1) is 31.0 Å². The minimum atomic E-state index is -4.74. The molecule has 0 spiro atoms. The molecule has 2 aromatic carbocycles. The lowest BCUT2D eigenvalue weighted by atomic mass is 10.1. The van der Waals surface area contributed by atoms with Crippen molar-refractivity contribution in [3.8, 4) is 0 Å². The first-order chi connectivity index (χ1) is 18.5. The Morgan fingerprint density at radius 3 is 2.56 bits per heavy atom. The molecule has 0 aliphatic heterocycles. The number of H-pyrrole nitrogens is 1. The fourth-order valence-electron chi connectivity index (χ4n) is 3.80. The van der Waals surface area contributed by atoms with Crippen molar-refractivity contribution in [3.05, 3.63) is 83.1 Å². The molecule has 204 valence electrons. The number of para-hydroxylation sites is 1. The minimum absolute atomic E-state index is 0.0176. The maximum atomic E-state index is 14.0. The van der Waals surface area contributed by atoms with Crippen LogP contribution in [0.5, 0.6) is 0 Å². The van der Waals surface area contributed by atoms with E-state index < -0.39 is 46.9 Å². The van der Waals surface area contributed by atoms with E-state index in [1.54, 1.807) is 0 Å². The summed E-state index contributed by atoms with van der Waals surface area (Å²) in [4.78, 5) is 40.4. The zero-order valence-corrected chi connectivity index (χ0v) is 20.4. The third-order valence-electron chi connectivity index (χ3n) is 5.74. The molecule has 0 fully saturated rings. The van der Waals surface area contributed by atoms with Gasteiger partial charge in [0.1, 0.15) is 11.9 Å². The van der Waals surface area contributed by atoms with Crippen molar-refractivity contribution < 1.29 is 36.7 Å². The molecule has 0 bridgehead atoms. The highest BCUT2D eigenvalue weighted by Crippen LogP contribution is 2.30. The van der Waals surface area contributed by atoms with Gasteiger partial charge in [0.2, 0.25) is 0 Å². The Kier molecular flexibility index (Phi) is 7.93. The summed E-state index contributed by atoms with van der Waals surface area (Å²) in [5.74, 6) is -3.58. The summed E-state index contributed by atoms with van der Waals surface area (Å²) < 4.78 is 58.1. The molecule has 4 rings (SSSR count). The molecule has 2 amide bonds. The Morgan fingerprint density at radius 1 is 1.10 bits per heavy atom. The SMILES string of the molecule is COC(=O)[C@H](Cc1cc2ccccc2[nH]1)NC(=O)c1cn(CCNC(=O)c2ccc(C(F)(F)F)cc2F)nn1. The van der Waals surface area contributed by atoms with Crippen LogP contribution in [0.2, 0.25) is 0 Å². The molecular formula is C25H22F4N6O4. The van der Waals surface area contributed by atoms with E-state index in [4.69, 9.17) is 4.74 Å². The smallest absolute Gasteiger partial charge is 0.416 e. The summed E-state index contributed by atoms with van der Waals surface area (Å²) in [7, 11) is 1.20. The molecule has 1 atom stereocenters. The van der Waals surface area contributed by atoms with Gasteiger partial charge in [-0.3, -0.25) is 9.59 Å². The number of aromatic nitrogens is 4. The topological polar surface area (TPSA) is 131 Å². The van der Waals surface area contributed by atoms with E-state index in [1.807, 2.05) is 30.3 Å². The summed E-state index contributed by atoms with van der Waals surface area (Å²) >= 11 is 0. The second-order valence-electron chi connectivity index (χ2n) is 8.45. The van der Waals surface area contributed by atoms with Crippen molar-refractivity contribution in [2.24, 2.45) is 0 Å². The number of fused-ring (bicyclic) bond motifs is 1. The highest BCUT2D eigenvalue weighted by atomic mass is 19.4. The molecule has 14 heteroatoms.